The lowest BCUT2D eigenvalue weighted by Gasteiger charge is -2.22. The van der Waals surface area contributed by atoms with Crippen molar-refractivity contribution in [3.8, 4) is 0 Å². The molecule has 110 valence electrons. The maximum absolute atomic E-state index is 8.77. The van der Waals surface area contributed by atoms with Crippen LogP contribution in [-0.4, -0.2) is 76.0 Å². The zero-order valence-corrected chi connectivity index (χ0v) is 11.2. The Kier molecular flexibility index (Phi) is 11.7. The van der Waals surface area contributed by atoms with Gasteiger partial charge in [0, 0.05) is 0 Å². The molecule has 0 aromatic carbocycles. The molecule has 0 spiro atoms. The van der Waals surface area contributed by atoms with Gasteiger partial charge in [-0.05, 0) is 57.9 Å². The van der Waals surface area contributed by atoms with Crippen LogP contribution < -0.4 is 0 Å². The van der Waals surface area contributed by atoms with Crippen molar-refractivity contribution in [1.29, 1.82) is 0 Å². The third kappa shape index (κ3) is 14.1. The van der Waals surface area contributed by atoms with Gasteiger partial charge in [-0.2, -0.15) is 0 Å². The minimum absolute atomic E-state index is 0.293. The topological polar surface area (TPSA) is 125 Å². The van der Waals surface area contributed by atoms with Gasteiger partial charge in [0.05, 0.1) is 0 Å². The molecular formula is C9H24B3NO6. The number of hydrogen-bond donors (Lipinski definition) is 6. The van der Waals surface area contributed by atoms with Crippen LogP contribution in [-0.2, 0) is 0 Å². The smallest absolute Gasteiger partial charge is 0.427 e. The Morgan fingerprint density at radius 3 is 1.00 bits per heavy atom. The second kappa shape index (κ2) is 11.7. The summed E-state index contributed by atoms with van der Waals surface area (Å²) in [5, 5.41) is 52.6. The van der Waals surface area contributed by atoms with Gasteiger partial charge in [-0.25, -0.2) is 0 Å². The summed E-state index contributed by atoms with van der Waals surface area (Å²) >= 11 is 0. The molecule has 0 aromatic heterocycles. The summed E-state index contributed by atoms with van der Waals surface area (Å²) in [6.07, 6.45) is 2.76. The highest BCUT2D eigenvalue weighted by Gasteiger charge is 2.13. The summed E-state index contributed by atoms with van der Waals surface area (Å²) < 4.78 is 0. The third-order valence-electron chi connectivity index (χ3n) is 2.81. The molecule has 0 aliphatic heterocycles. The van der Waals surface area contributed by atoms with Crippen molar-refractivity contribution >= 4 is 21.4 Å². The van der Waals surface area contributed by atoms with Crippen molar-refractivity contribution in [3.63, 3.8) is 0 Å². The molecule has 0 unspecified atom stereocenters. The van der Waals surface area contributed by atoms with Crippen molar-refractivity contribution in [2.45, 2.75) is 38.2 Å². The summed E-state index contributed by atoms with van der Waals surface area (Å²) in [5.41, 5.74) is 0. The van der Waals surface area contributed by atoms with Gasteiger partial charge in [0.2, 0.25) is 0 Å². The zero-order chi connectivity index (χ0) is 14.7. The lowest BCUT2D eigenvalue weighted by atomic mass is 9.83. The van der Waals surface area contributed by atoms with E-state index in [2.05, 4.69) is 0 Å². The summed E-state index contributed by atoms with van der Waals surface area (Å²) in [5.74, 6) is 0. The number of nitrogens with zero attached hydrogens (tertiary/aromatic N) is 1. The monoisotopic (exact) mass is 275 g/mol. The van der Waals surface area contributed by atoms with Crippen molar-refractivity contribution in [1.82, 2.24) is 4.90 Å². The molecule has 0 aromatic rings. The van der Waals surface area contributed by atoms with Crippen LogP contribution in [0.3, 0.4) is 0 Å². The van der Waals surface area contributed by atoms with Gasteiger partial charge in [0.25, 0.3) is 0 Å². The van der Waals surface area contributed by atoms with Crippen LogP contribution >= 0.6 is 0 Å². The Hall–Kier alpha value is -0.0852. The van der Waals surface area contributed by atoms with Gasteiger partial charge in [0.15, 0.2) is 0 Å². The van der Waals surface area contributed by atoms with Crippen LogP contribution in [0, 0.1) is 0 Å². The molecule has 19 heavy (non-hydrogen) atoms. The molecule has 10 heteroatoms. The average Bonchev–Trinajstić information content (AvgIpc) is 2.26. The summed E-state index contributed by atoms with van der Waals surface area (Å²) in [6.45, 7) is 2.00. The van der Waals surface area contributed by atoms with Crippen LogP contribution in [0.1, 0.15) is 19.3 Å². The highest BCUT2D eigenvalue weighted by atomic mass is 16.4. The van der Waals surface area contributed by atoms with E-state index in [9.17, 15) is 0 Å². The quantitative estimate of drug-likeness (QED) is 0.225. The van der Waals surface area contributed by atoms with Crippen molar-refractivity contribution in [3.05, 3.63) is 0 Å². The van der Waals surface area contributed by atoms with E-state index in [0.717, 1.165) is 0 Å². The SMILES string of the molecule is OB(O)CCCN(CCCB(O)O)CCCB(O)O. The molecule has 6 N–H and O–H groups in total. The maximum Gasteiger partial charge on any atom is 0.451 e. The standard InChI is InChI=1S/C9H24B3NO6/c14-10(15)4-1-7-13(8-2-5-11(16)17)9-3-6-12(18)19/h14-19H,1-9H2. The van der Waals surface area contributed by atoms with Gasteiger partial charge in [-0.3, -0.25) is 0 Å². The molecular weight excluding hydrogens is 251 g/mol. The predicted octanol–water partition coefficient (Wildman–Crippen LogP) is -2.12. The van der Waals surface area contributed by atoms with Crippen molar-refractivity contribution in [2.75, 3.05) is 19.6 Å². The maximum atomic E-state index is 8.77. The molecule has 0 radical (unpaired) electrons. The molecule has 0 amide bonds. The van der Waals surface area contributed by atoms with Crippen molar-refractivity contribution < 1.29 is 30.1 Å². The van der Waals surface area contributed by atoms with E-state index in [1.165, 1.54) is 0 Å². The Morgan fingerprint density at radius 2 is 0.789 bits per heavy atom. The second-order valence-corrected chi connectivity index (χ2v) is 4.71. The van der Waals surface area contributed by atoms with E-state index in [1.54, 1.807) is 0 Å². The highest BCUT2D eigenvalue weighted by molar-refractivity contribution is 6.41. The Labute approximate surface area is 115 Å². The first-order valence-corrected chi connectivity index (χ1v) is 6.72. The van der Waals surface area contributed by atoms with Gasteiger partial charge in [-0.15, -0.1) is 0 Å². The van der Waals surface area contributed by atoms with Crippen LogP contribution in [0.25, 0.3) is 0 Å². The van der Waals surface area contributed by atoms with E-state index in [4.69, 9.17) is 30.1 Å². The first-order chi connectivity index (χ1) is 8.91. The van der Waals surface area contributed by atoms with Crippen LogP contribution in [0.4, 0.5) is 0 Å². The molecule has 0 heterocycles. The molecule has 0 rings (SSSR count). The zero-order valence-electron chi connectivity index (χ0n) is 11.2. The third-order valence-corrected chi connectivity index (χ3v) is 2.81. The normalized spacial score (nSPS) is 10.9. The molecule has 0 atom stereocenters. The van der Waals surface area contributed by atoms with E-state index >= 15 is 0 Å². The fraction of sp³-hybridized carbons (Fsp3) is 1.00. The van der Waals surface area contributed by atoms with Gasteiger partial charge >= 0.3 is 21.4 Å². The second-order valence-electron chi connectivity index (χ2n) is 4.71. The molecule has 0 aliphatic rings. The molecule has 7 nitrogen and oxygen atoms in total. The molecule has 0 aliphatic carbocycles. The minimum Gasteiger partial charge on any atom is -0.427 e. The Bertz CT molecular complexity index is 177. The van der Waals surface area contributed by atoms with E-state index < -0.39 is 21.4 Å². The van der Waals surface area contributed by atoms with E-state index in [-0.39, 0.29) is 0 Å². The number of hydrogen-bond acceptors (Lipinski definition) is 7. The van der Waals surface area contributed by atoms with Crippen LogP contribution in [0.2, 0.25) is 19.0 Å². The van der Waals surface area contributed by atoms with Gasteiger partial charge in [0.1, 0.15) is 0 Å². The van der Waals surface area contributed by atoms with Crippen LogP contribution in [0.15, 0.2) is 0 Å². The summed E-state index contributed by atoms with van der Waals surface area (Å²) in [4.78, 5) is 2.05. The fourth-order valence-corrected chi connectivity index (χ4v) is 1.83. The number of rotatable bonds is 12. The first-order valence-electron chi connectivity index (χ1n) is 6.72. The first kappa shape index (κ1) is 18.9. The Balaban J connectivity index is 3.85. The molecule has 0 saturated heterocycles. The van der Waals surface area contributed by atoms with Crippen LogP contribution in [0.5, 0.6) is 0 Å². The summed E-state index contributed by atoms with van der Waals surface area (Å²) in [6, 6.07) is 0. The molecule has 0 saturated carbocycles. The lowest BCUT2D eigenvalue weighted by molar-refractivity contribution is 0.266. The molecule has 0 fully saturated rings. The van der Waals surface area contributed by atoms with Gasteiger partial charge in [-0.1, -0.05) is 0 Å². The van der Waals surface area contributed by atoms with E-state index in [1.807, 2.05) is 4.90 Å². The largest absolute Gasteiger partial charge is 0.451 e. The summed E-state index contributed by atoms with van der Waals surface area (Å²) in [7, 11) is -3.92. The van der Waals surface area contributed by atoms with Gasteiger partial charge < -0.3 is 35.0 Å². The fourth-order valence-electron chi connectivity index (χ4n) is 1.83. The van der Waals surface area contributed by atoms with E-state index in [0.29, 0.717) is 57.9 Å². The lowest BCUT2D eigenvalue weighted by Crippen LogP contribution is -2.29. The Morgan fingerprint density at radius 1 is 0.526 bits per heavy atom. The minimum atomic E-state index is -1.31. The average molecular weight is 275 g/mol. The highest BCUT2D eigenvalue weighted by Crippen LogP contribution is 2.05. The predicted molar refractivity (Wildman–Crippen MR) is 75.3 cm³/mol. The molecule has 0 bridgehead atoms. The van der Waals surface area contributed by atoms with Crippen molar-refractivity contribution in [2.24, 2.45) is 0 Å².